The third-order valence-electron chi connectivity index (χ3n) is 7.24. The number of hydrogen-bond acceptors (Lipinski definition) is 5. The zero-order valence-electron chi connectivity index (χ0n) is 22.4. The molecule has 1 aliphatic carbocycles. The van der Waals surface area contributed by atoms with E-state index in [0.717, 1.165) is 24.8 Å². The standard InChI is InChI=1S/C30H37N5O4/c1-2-16-35(19-27(36)32-21-30(14-9-15-30)24-12-7-4-8-13-24)28(37)26(17-25-18-31-22-33-25)34-29(38)39-20-23-10-5-3-6-11-23/h3-8,10-13,18,22,26H,2,9,14-17,19-21H2,1H3,(H,31,33)(H,32,36)(H,34,38). The molecule has 1 fully saturated rings. The Balaban J connectivity index is 1.38. The first-order valence-electron chi connectivity index (χ1n) is 13.5. The molecule has 1 aliphatic rings. The molecule has 9 heteroatoms. The number of imidazole rings is 1. The minimum Gasteiger partial charge on any atom is -0.445 e. The van der Waals surface area contributed by atoms with Crippen molar-refractivity contribution in [1.82, 2.24) is 25.5 Å². The molecule has 1 aromatic heterocycles. The molecule has 3 N–H and O–H groups in total. The summed E-state index contributed by atoms with van der Waals surface area (Å²) >= 11 is 0. The summed E-state index contributed by atoms with van der Waals surface area (Å²) < 4.78 is 5.36. The van der Waals surface area contributed by atoms with Gasteiger partial charge in [-0.05, 0) is 30.4 Å². The number of benzene rings is 2. The van der Waals surface area contributed by atoms with E-state index < -0.39 is 12.1 Å². The highest BCUT2D eigenvalue weighted by Crippen LogP contribution is 2.43. The smallest absolute Gasteiger partial charge is 0.408 e. The molecule has 1 heterocycles. The lowest BCUT2D eigenvalue weighted by atomic mass is 9.64. The summed E-state index contributed by atoms with van der Waals surface area (Å²) in [6, 6.07) is 18.7. The topological polar surface area (TPSA) is 116 Å². The predicted octanol–water partition coefficient (Wildman–Crippen LogP) is 3.72. The molecule has 39 heavy (non-hydrogen) atoms. The quantitative estimate of drug-likeness (QED) is 0.311. The molecule has 1 unspecified atom stereocenters. The molecular weight excluding hydrogens is 494 g/mol. The van der Waals surface area contributed by atoms with Crippen LogP contribution >= 0.6 is 0 Å². The van der Waals surface area contributed by atoms with Gasteiger partial charge in [0.15, 0.2) is 0 Å². The molecule has 0 saturated heterocycles. The Bertz CT molecular complexity index is 1200. The van der Waals surface area contributed by atoms with Gasteiger partial charge in [0.2, 0.25) is 11.8 Å². The third kappa shape index (κ3) is 7.69. The molecule has 3 aromatic rings. The fourth-order valence-corrected chi connectivity index (χ4v) is 4.94. The van der Waals surface area contributed by atoms with E-state index >= 15 is 0 Å². The number of aromatic amines is 1. The van der Waals surface area contributed by atoms with Crippen molar-refractivity contribution < 1.29 is 19.1 Å². The molecule has 9 nitrogen and oxygen atoms in total. The van der Waals surface area contributed by atoms with Crippen molar-refractivity contribution in [3.8, 4) is 0 Å². The molecule has 2 aromatic carbocycles. The van der Waals surface area contributed by atoms with E-state index in [1.165, 1.54) is 16.8 Å². The van der Waals surface area contributed by atoms with Crippen LogP contribution < -0.4 is 10.6 Å². The summed E-state index contributed by atoms with van der Waals surface area (Å²) in [5, 5.41) is 5.77. The van der Waals surface area contributed by atoms with E-state index in [2.05, 4.69) is 32.7 Å². The van der Waals surface area contributed by atoms with Crippen LogP contribution in [0.25, 0.3) is 0 Å². The largest absolute Gasteiger partial charge is 0.445 e. The summed E-state index contributed by atoms with van der Waals surface area (Å²) in [6.45, 7) is 2.87. The number of alkyl carbamates (subject to hydrolysis) is 1. The van der Waals surface area contributed by atoms with Crippen molar-refractivity contribution in [1.29, 1.82) is 0 Å². The van der Waals surface area contributed by atoms with Crippen LogP contribution in [0.5, 0.6) is 0 Å². The van der Waals surface area contributed by atoms with Gasteiger partial charge in [-0.2, -0.15) is 0 Å². The monoisotopic (exact) mass is 531 g/mol. The van der Waals surface area contributed by atoms with E-state index in [-0.39, 0.29) is 36.8 Å². The summed E-state index contributed by atoms with van der Waals surface area (Å²) in [5.41, 5.74) is 2.71. The Hall–Kier alpha value is -4.14. The maximum absolute atomic E-state index is 13.6. The molecule has 3 amide bonds. The van der Waals surface area contributed by atoms with Gasteiger partial charge in [0.1, 0.15) is 12.6 Å². The SMILES string of the molecule is CCCN(CC(=O)NCC1(c2ccccc2)CCC1)C(=O)C(Cc1cnc[nH]1)NC(=O)OCc1ccccc1. The van der Waals surface area contributed by atoms with E-state index in [1.807, 2.05) is 55.5 Å². The van der Waals surface area contributed by atoms with Crippen molar-refractivity contribution >= 4 is 17.9 Å². The van der Waals surface area contributed by atoms with Crippen LogP contribution in [0, 0.1) is 0 Å². The number of nitrogens with zero attached hydrogens (tertiary/aromatic N) is 2. The average Bonchev–Trinajstić information content (AvgIpc) is 3.45. The van der Waals surface area contributed by atoms with Crippen molar-refractivity contribution in [2.24, 2.45) is 0 Å². The van der Waals surface area contributed by atoms with E-state index in [4.69, 9.17) is 4.74 Å². The summed E-state index contributed by atoms with van der Waals surface area (Å²) in [5.74, 6) is -0.564. The van der Waals surface area contributed by atoms with Gasteiger partial charge in [-0.3, -0.25) is 9.59 Å². The number of hydrogen-bond donors (Lipinski definition) is 3. The molecule has 0 radical (unpaired) electrons. The van der Waals surface area contributed by atoms with E-state index in [1.54, 1.807) is 6.20 Å². The first-order valence-corrected chi connectivity index (χ1v) is 13.5. The highest BCUT2D eigenvalue weighted by Gasteiger charge is 2.39. The van der Waals surface area contributed by atoms with Crippen LogP contribution in [0.4, 0.5) is 4.79 Å². The normalized spacial score (nSPS) is 14.5. The van der Waals surface area contributed by atoms with Crippen LogP contribution in [0.1, 0.15) is 49.4 Å². The number of H-pyrrole nitrogens is 1. The second kappa shape index (κ2) is 13.6. The Kier molecular flexibility index (Phi) is 9.72. The lowest BCUT2D eigenvalue weighted by molar-refractivity contribution is -0.137. The Morgan fingerprint density at radius 2 is 1.79 bits per heavy atom. The van der Waals surface area contributed by atoms with Crippen molar-refractivity contribution in [3.05, 3.63) is 90.0 Å². The molecule has 4 rings (SSSR count). The van der Waals surface area contributed by atoms with E-state index in [0.29, 0.717) is 25.2 Å². The van der Waals surface area contributed by atoms with Crippen LogP contribution in [0.2, 0.25) is 0 Å². The molecule has 1 saturated carbocycles. The first kappa shape index (κ1) is 27.9. The first-order chi connectivity index (χ1) is 19.0. The number of rotatable bonds is 13. The summed E-state index contributed by atoms with van der Waals surface area (Å²) in [7, 11) is 0. The van der Waals surface area contributed by atoms with Crippen LogP contribution in [0.15, 0.2) is 73.2 Å². The minimum atomic E-state index is -0.921. The van der Waals surface area contributed by atoms with Gasteiger partial charge in [0, 0.05) is 36.8 Å². The van der Waals surface area contributed by atoms with Crippen molar-refractivity contribution in [2.45, 2.75) is 57.1 Å². The second-order valence-corrected chi connectivity index (χ2v) is 10.1. The minimum absolute atomic E-state index is 0.0519. The van der Waals surface area contributed by atoms with Gasteiger partial charge >= 0.3 is 6.09 Å². The highest BCUT2D eigenvalue weighted by molar-refractivity contribution is 5.89. The predicted molar refractivity (Wildman–Crippen MR) is 148 cm³/mol. The van der Waals surface area contributed by atoms with Gasteiger partial charge in [-0.25, -0.2) is 9.78 Å². The Labute approximate surface area is 229 Å². The zero-order valence-corrected chi connectivity index (χ0v) is 22.4. The molecule has 1 atom stereocenters. The maximum Gasteiger partial charge on any atom is 0.408 e. The number of amides is 3. The number of carbonyl (C=O) groups is 3. The number of carbonyl (C=O) groups excluding carboxylic acids is 3. The lowest BCUT2D eigenvalue weighted by Crippen LogP contribution is -2.53. The Morgan fingerprint density at radius 3 is 2.41 bits per heavy atom. The van der Waals surface area contributed by atoms with E-state index in [9.17, 15) is 14.4 Å². The fourth-order valence-electron chi connectivity index (χ4n) is 4.94. The second-order valence-electron chi connectivity index (χ2n) is 10.1. The zero-order chi connectivity index (χ0) is 27.5. The van der Waals surface area contributed by atoms with Gasteiger partial charge in [-0.15, -0.1) is 0 Å². The number of aromatic nitrogens is 2. The summed E-state index contributed by atoms with van der Waals surface area (Å²) in [6.07, 6.45) is 6.47. The van der Waals surface area contributed by atoms with Gasteiger partial charge in [0.25, 0.3) is 0 Å². The lowest BCUT2D eigenvalue weighted by Gasteiger charge is -2.42. The number of ether oxygens (including phenoxy) is 1. The molecule has 0 aliphatic heterocycles. The molecular formula is C30H37N5O4. The third-order valence-corrected chi connectivity index (χ3v) is 7.24. The van der Waals surface area contributed by atoms with Crippen LogP contribution in [-0.4, -0.2) is 58.5 Å². The van der Waals surface area contributed by atoms with Gasteiger partial charge in [0.05, 0.1) is 12.9 Å². The Morgan fingerprint density at radius 1 is 1.08 bits per heavy atom. The van der Waals surface area contributed by atoms with Gasteiger partial charge < -0.3 is 25.3 Å². The number of nitrogens with one attached hydrogen (secondary N) is 3. The molecule has 0 bridgehead atoms. The molecule has 206 valence electrons. The fraction of sp³-hybridized carbons (Fsp3) is 0.400. The van der Waals surface area contributed by atoms with Crippen LogP contribution in [-0.2, 0) is 32.8 Å². The van der Waals surface area contributed by atoms with Crippen LogP contribution in [0.3, 0.4) is 0 Å². The maximum atomic E-state index is 13.6. The molecule has 0 spiro atoms. The van der Waals surface area contributed by atoms with Gasteiger partial charge in [-0.1, -0.05) is 74.0 Å². The summed E-state index contributed by atoms with van der Waals surface area (Å²) in [4.78, 5) is 47.8. The van der Waals surface area contributed by atoms with Crippen molar-refractivity contribution in [3.63, 3.8) is 0 Å². The average molecular weight is 532 g/mol. The highest BCUT2D eigenvalue weighted by atomic mass is 16.5. The van der Waals surface area contributed by atoms with Crippen molar-refractivity contribution in [2.75, 3.05) is 19.6 Å².